The number of hydrogen-bond acceptors (Lipinski definition) is 2. The maximum absolute atomic E-state index is 13.5. The fourth-order valence-corrected chi connectivity index (χ4v) is 1.41. The summed E-state index contributed by atoms with van der Waals surface area (Å²) >= 11 is 0. The lowest BCUT2D eigenvalue weighted by Crippen LogP contribution is -2.29. The molecule has 0 radical (unpaired) electrons. The van der Waals surface area contributed by atoms with E-state index in [0.717, 1.165) is 18.2 Å². The highest BCUT2D eigenvalue weighted by atomic mass is 32.2. The molecule has 0 amide bonds. The monoisotopic (exact) mass is 311 g/mol. The Kier molecular flexibility index (Phi) is 4.93. The van der Waals surface area contributed by atoms with Gasteiger partial charge < -0.3 is 4.74 Å². The zero-order valence-corrected chi connectivity index (χ0v) is 11.5. The highest BCUT2D eigenvalue weighted by Gasteiger charge is 2.31. The highest BCUT2D eigenvalue weighted by molar-refractivity contribution is 7.84. The van der Waals surface area contributed by atoms with Gasteiger partial charge in [-0.1, -0.05) is 12.2 Å². The average Bonchev–Trinajstić information content (AvgIpc) is 2.28. The summed E-state index contributed by atoms with van der Waals surface area (Å²) in [4.78, 5) is 0. The molecule has 20 heavy (non-hydrogen) atoms. The fourth-order valence-electron chi connectivity index (χ4n) is 1.20. The van der Waals surface area contributed by atoms with Crippen molar-refractivity contribution in [2.75, 3.05) is 0 Å². The summed E-state index contributed by atoms with van der Waals surface area (Å²) in [5, 5.41) is 5.24. The Balaban J connectivity index is 3.04. The van der Waals surface area contributed by atoms with Crippen molar-refractivity contribution >= 4 is 17.1 Å². The minimum absolute atomic E-state index is 0.120. The molecule has 0 saturated heterocycles. The van der Waals surface area contributed by atoms with Gasteiger partial charge in [0, 0.05) is 5.56 Å². The Morgan fingerprint density at radius 1 is 1.30 bits per heavy atom. The molecule has 0 spiro atoms. The molecule has 0 saturated carbocycles. The van der Waals surface area contributed by atoms with E-state index in [0.29, 0.717) is 0 Å². The Morgan fingerprint density at radius 3 is 2.40 bits per heavy atom. The predicted molar refractivity (Wildman–Crippen MR) is 68.5 cm³/mol. The van der Waals surface area contributed by atoms with Crippen LogP contribution in [0.25, 0.3) is 6.08 Å². The molecule has 1 aromatic carbocycles. The van der Waals surface area contributed by atoms with Gasteiger partial charge in [-0.05, 0) is 32.0 Å². The summed E-state index contributed by atoms with van der Waals surface area (Å²) in [6, 6.07) is 2.62. The van der Waals surface area contributed by atoms with Crippen molar-refractivity contribution in [3.63, 3.8) is 0 Å². The molecule has 0 unspecified atom stereocenters. The second-order valence-corrected chi connectivity index (χ2v) is 6.11. The molecule has 0 aliphatic rings. The molecule has 112 valence electrons. The Morgan fingerprint density at radius 2 is 1.90 bits per heavy atom. The van der Waals surface area contributed by atoms with E-state index >= 15 is 0 Å². The Hall–Kier alpha value is -1.41. The zero-order valence-electron chi connectivity index (χ0n) is 10.7. The van der Waals surface area contributed by atoms with Crippen molar-refractivity contribution in [2.45, 2.75) is 25.0 Å². The van der Waals surface area contributed by atoms with E-state index in [9.17, 15) is 21.8 Å². The Bertz CT molecular complexity index is 541. The minimum atomic E-state index is -4.85. The molecule has 0 bridgehead atoms. The van der Waals surface area contributed by atoms with E-state index < -0.39 is 33.7 Å². The summed E-state index contributed by atoms with van der Waals surface area (Å²) in [5.41, 5.74) is -0.120. The van der Waals surface area contributed by atoms with Gasteiger partial charge >= 0.3 is 6.36 Å². The fraction of sp³-hybridized carbons (Fsp3) is 0.333. The van der Waals surface area contributed by atoms with E-state index in [1.54, 1.807) is 13.8 Å². The van der Waals surface area contributed by atoms with Crippen LogP contribution in [-0.2, 0) is 11.0 Å². The summed E-state index contributed by atoms with van der Waals surface area (Å²) < 4.78 is 63.6. The molecule has 2 N–H and O–H groups in total. The van der Waals surface area contributed by atoms with Crippen molar-refractivity contribution in [1.29, 1.82) is 0 Å². The number of nitrogens with two attached hydrogens (primary N) is 1. The second kappa shape index (κ2) is 5.92. The summed E-state index contributed by atoms with van der Waals surface area (Å²) in [5.74, 6) is -1.26. The highest BCUT2D eigenvalue weighted by Crippen LogP contribution is 2.26. The van der Waals surface area contributed by atoms with Gasteiger partial charge in [0.25, 0.3) is 0 Å². The van der Waals surface area contributed by atoms with Gasteiger partial charge in [0.1, 0.15) is 11.6 Å². The first kappa shape index (κ1) is 16.6. The number of halogens is 4. The van der Waals surface area contributed by atoms with E-state index in [2.05, 4.69) is 4.74 Å². The number of rotatable bonds is 4. The number of ether oxygens (including phenoxy) is 1. The number of benzene rings is 1. The SMILES string of the molecule is CC(C)(/C=C/c1cc(OC(F)(F)F)ccc1F)[S@@](N)=O. The maximum Gasteiger partial charge on any atom is 0.573 e. The summed E-state index contributed by atoms with van der Waals surface area (Å²) in [7, 11) is -1.70. The third kappa shape index (κ3) is 4.93. The minimum Gasteiger partial charge on any atom is -0.406 e. The van der Waals surface area contributed by atoms with Crippen LogP contribution in [0.15, 0.2) is 24.3 Å². The van der Waals surface area contributed by atoms with Gasteiger partial charge in [0.15, 0.2) is 0 Å². The lowest BCUT2D eigenvalue weighted by molar-refractivity contribution is -0.274. The molecule has 0 fully saturated rings. The summed E-state index contributed by atoms with van der Waals surface area (Å²) in [6.07, 6.45) is -2.28. The van der Waals surface area contributed by atoms with Crippen LogP contribution in [0.1, 0.15) is 19.4 Å². The third-order valence-corrected chi connectivity index (χ3v) is 3.56. The second-order valence-electron chi connectivity index (χ2n) is 4.47. The van der Waals surface area contributed by atoms with Crippen LogP contribution < -0.4 is 9.88 Å². The first-order chi connectivity index (χ1) is 9.01. The predicted octanol–water partition coefficient (Wildman–Crippen LogP) is 3.14. The van der Waals surface area contributed by atoms with Crippen molar-refractivity contribution in [3.05, 3.63) is 35.7 Å². The topological polar surface area (TPSA) is 52.3 Å². The van der Waals surface area contributed by atoms with E-state index in [1.807, 2.05) is 0 Å². The molecular formula is C12H13F4NO2S. The molecule has 8 heteroatoms. The normalized spacial score (nSPS) is 14.6. The van der Waals surface area contributed by atoms with Gasteiger partial charge in [0.05, 0.1) is 15.7 Å². The van der Waals surface area contributed by atoms with Gasteiger partial charge in [0.2, 0.25) is 0 Å². The molecular weight excluding hydrogens is 298 g/mol. The van der Waals surface area contributed by atoms with Crippen molar-refractivity contribution < 1.29 is 26.5 Å². The van der Waals surface area contributed by atoms with Crippen LogP contribution >= 0.6 is 0 Å². The van der Waals surface area contributed by atoms with E-state index in [1.165, 1.54) is 12.2 Å². The quantitative estimate of drug-likeness (QED) is 0.869. The van der Waals surface area contributed by atoms with Crippen molar-refractivity contribution in [2.24, 2.45) is 5.14 Å². The van der Waals surface area contributed by atoms with Gasteiger partial charge in [-0.25, -0.2) is 8.60 Å². The average molecular weight is 311 g/mol. The molecule has 1 aromatic rings. The van der Waals surface area contributed by atoms with Gasteiger partial charge in [-0.15, -0.1) is 13.2 Å². The number of alkyl halides is 3. The molecule has 0 heterocycles. The van der Waals surface area contributed by atoms with Crippen LogP contribution in [0.3, 0.4) is 0 Å². The smallest absolute Gasteiger partial charge is 0.406 e. The largest absolute Gasteiger partial charge is 0.573 e. The molecule has 0 aliphatic carbocycles. The first-order valence-corrected chi connectivity index (χ1v) is 6.63. The van der Waals surface area contributed by atoms with E-state index in [4.69, 9.17) is 5.14 Å². The van der Waals surface area contributed by atoms with E-state index in [-0.39, 0.29) is 5.56 Å². The standard InChI is InChI=1S/C12H13F4NO2S/c1-11(2,20(17)18)6-5-8-7-9(3-4-10(8)13)19-12(14,15)16/h3-7H,17H2,1-2H3/b6-5+/t20-/m0/s1. The van der Waals surface area contributed by atoms with Crippen LogP contribution in [-0.4, -0.2) is 15.3 Å². The van der Waals surface area contributed by atoms with Crippen LogP contribution in [0.5, 0.6) is 5.75 Å². The Labute approximate surface area is 116 Å². The first-order valence-electron chi connectivity index (χ1n) is 5.42. The molecule has 0 aromatic heterocycles. The molecule has 1 atom stereocenters. The van der Waals surface area contributed by atoms with Crippen molar-refractivity contribution in [1.82, 2.24) is 0 Å². The van der Waals surface area contributed by atoms with Crippen LogP contribution in [0.2, 0.25) is 0 Å². The summed E-state index contributed by atoms with van der Waals surface area (Å²) in [6.45, 7) is 3.10. The van der Waals surface area contributed by atoms with Crippen LogP contribution in [0.4, 0.5) is 17.6 Å². The third-order valence-electron chi connectivity index (χ3n) is 2.38. The molecule has 0 aliphatic heterocycles. The molecule has 1 rings (SSSR count). The van der Waals surface area contributed by atoms with Gasteiger partial charge in [-0.2, -0.15) is 0 Å². The van der Waals surface area contributed by atoms with Gasteiger partial charge in [-0.3, -0.25) is 5.14 Å². The molecule has 3 nitrogen and oxygen atoms in total. The number of hydrogen-bond donors (Lipinski definition) is 1. The lowest BCUT2D eigenvalue weighted by atomic mass is 10.1. The van der Waals surface area contributed by atoms with Crippen molar-refractivity contribution in [3.8, 4) is 5.75 Å². The lowest BCUT2D eigenvalue weighted by Gasteiger charge is -2.15. The van der Waals surface area contributed by atoms with Crippen LogP contribution in [0, 0.1) is 5.82 Å². The maximum atomic E-state index is 13.5. The zero-order chi connectivity index (χ0) is 15.6.